The van der Waals surface area contributed by atoms with E-state index in [0.29, 0.717) is 0 Å². The summed E-state index contributed by atoms with van der Waals surface area (Å²) in [7, 11) is 0. The van der Waals surface area contributed by atoms with Crippen LogP contribution in [0.2, 0.25) is 0 Å². The Morgan fingerprint density at radius 3 is 2.56 bits per heavy atom. The molecule has 0 saturated carbocycles. The second kappa shape index (κ2) is 9.62. The molecule has 132 valence electrons. The van der Waals surface area contributed by atoms with Crippen molar-refractivity contribution in [3.63, 3.8) is 0 Å². The number of rotatable bonds is 8. The van der Waals surface area contributed by atoms with Gasteiger partial charge in [-0.3, -0.25) is 4.79 Å². The Balaban J connectivity index is 1.96. The van der Waals surface area contributed by atoms with Crippen LogP contribution in [0.3, 0.4) is 0 Å². The van der Waals surface area contributed by atoms with E-state index < -0.39 is 0 Å². The third-order valence-corrected chi connectivity index (χ3v) is 3.88. The van der Waals surface area contributed by atoms with Gasteiger partial charge in [-0.15, -0.1) is 0 Å². The average molecular weight is 338 g/mol. The van der Waals surface area contributed by atoms with Crippen LogP contribution >= 0.6 is 0 Å². The molecule has 0 bridgehead atoms. The molecule has 0 saturated heterocycles. The van der Waals surface area contributed by atoms with Gasteiger partial charge in [0.2, 0.25) is 0 Å². The van der Waals surface area contributed by atoms with Crippen molar-refractivity contribution in [2.75, 3.05) is 6.61 Å². The summed E-state index contributed by atoms with van der Waals surface area (Å²) in [5.41, 5.74) is 6.73. The Kier molecular flexibility index (Phi) is 7.20. The minimum Gasteiger partial charge on any atom is -0.483 e. The highest BCUT2D eigenvalue weighted by molar-refractivity contribution is 6.01. The van der Waals surface area contributed by atoms with Crippen LogP contribution in [0, 0.1) is 13.8 Å². The molecule has 0 aliphatic heterocycles. The number of carbonyl (C=O) groups excluding carboxylic acids is 1. The maximum atomic E-state index is 12.1. The molecule has 0 radical (unpaired) electrons. The van der Waals surface area contributed by atoms with Crippen LogP contribution in [0.4, 0.5) is 0 Å². The lowest BCUT2D eigenvalue weighted by Gasteiger charge is -2.10. The van der Waals surface area contributed by atoms with Gasteiger partial charge in [0.25, 0.3) is 5.91 Å². The summed E-state index contributed by atoms with van der Waals surface area (Å²) in [5, 5.41) is 4.32. The molecule has 0 aliphatic rings. The van der Waals surface area contributed by atoms with Crippen molar-refractivity contribution in [3.05, 3.63) is 65.2 Å². The first kappa shape index (κ1) is 18.7. The summed E-state index contributed by atoms with van der Waals surface area (Å²) in [4.78, 5) is 12.1. The summed E-state index contributed by atoms with van der Waals surface area (Å²) in [6.45, 7) is 6.08. The highest BCUT2D eigenvalue weighted by Gasteiger charge is 2.07. The molecule has 1 N–H and O–H groups in total. The number of benzene rings is 2. The zero-order valence-electron chi connectivity index (χ0n) is 15.2. The van der Waals surface area contributed by atoms with Crippen molar-refractivity contribution in [1.29, 1.82) is 0 Å². The molecule has 1 amide bonds. The van der Waals surface area contributed by atoms with Crippen molar-refractivity contribution >= 4 is 11.6 Å². The van der Waals surface area contributed by atoms with Gasteiger partial charge < -0.3 is 4.74 Å². The van der Waals surface area contributed by atoms with Crippen LogP contribution in [0.1, 0.15) is 42.9 Å². The SMILES string of the molecule is CCCC/C(=N/NC(=O)COc1ccc(C)cc1C)c1ccccc1. The quantitative estimate of drug-likeness (QED) is 0.573. The largest absolute Gasteiger partial charge is 0.483 e. The monoisotopic (exact) mass is 338 g/mol. The number of hydrogen-bond donors (Lipinski definition) is 1. The molecular formula is C21H26N2O2. The van der Waals surface area contributed by atoms with Crippen LogP contribution in [-0.4, -0.2) is 18.2 Å². The zero-order chi connectivity index (χ0) is 18.1. The zero-order valence-corrected chi connectivity index (χ0v) is 15.2. The highest BCUT2D eigenvalue weighted by atomic mass is 16.5. The molecule has 0 fully saturated rings. The Labute approximate surface area is 149 Å². The van der Waals surface area contributed by atoms with E-state index in [9.17, 15) is 4.79 Å². The normalized spacial score (nSPS) is 11.2. The minimum absolute atomic E-state index is 0.0523. The summed E-state index contributed by atoms with van der Waals surface area (Å²) >= 11 is 0. The maximum absolute atomic E-state index is 12.1. The highest BCUT2D eigenvalue weighted by Crippen LogP contribution is 2.18. The molecule has 0 unspecified atom stereocenters. The Hall–Kier alpha value is -2.62. The first-order valence-electron chi connectivity index (χ1n) is 8.71. The minimum atomic E-state index is -0.259. The van der Waals surface area contributed by atoms with E-state index in [1.54, 1.807) is 0 Å². The number of nitrogens with one attached hydrogen (secondary N) is 1. The fraction of sp³-hybridized carbons (Fsp3) is 0.333. The lowest BCUT2D eigenvalue weighted by Crippen LogP contribution is -2.26. The standard InChI is InChI=1S/C21H26N2O2/c1-4-5-11-19(18-9-7-6-8-10-18)22-23-21(24)15-25-20-13-12-16(2)14-17(20)3/h6-10,12-14H,4-5,11,15H2,1-3H3,(H,23,24)/b22-19-. The topological polar surface area (TPSA) is 50.7 Å². The van der Waals surface area contributed by atoms with Crippen LogP contribution in [0.25, 0.3) is 0 Å². The number of carbonyl (C=O) groups is 1. The van der Waals surface area contributed by atoms with Gasteiger partial charge in [-0.25, -0.2) is 5.43 Å². The van der Waals surface area contributed by atoms with Gasteiger partial charge in [0.1, 0.15) is 5.75 Å². The molecular weight excluding hydrogens is 312 g/mol. The first-order chi connectivity index (χ1) is 12.1. The van der Waals surface area contributed by atoms with E-state index in [-0.39, 0.29) is 12.5 Å². The first-order valence-corrected chi connectivity index (χ1v) is 8.71. The lowest BCUT2D eigenvalue weighted by molar-refractivity contribution is -0.123. The van der Waals surface area contributed by atoms with E-state index >= 15 is 0 Å². The number of nitrogens with zero attached hydrogens (tertiary/aromatic N) is 1. The lowest BCUT2D eigenvalue weighted by atomic mass is 10.1. The summed E-state index contributed by atoms with van der Waals surface area (Å²) in [6.07, 6.45) is 2.94. The van der Waals surface area contributed by atoms with Crippen LogP contribution in [0.15, 0.2) is 53.6 Å². The molecule has 0 spiro atoms. The van der Waals surface area contributed by atoms with Crippen molar-refractivity contribution in [1.82, 2.24) is 5.43 Å². The molecule has 0 heterocycles. The van der Waals surface area contributed by atoms with E-state index in [2.05, 4.69) is 17.5 Å². The number of ether oxygens (including phenoxy) is 1. The number of aryl methyl sites for hydroxylation is 2. The van der Waals surface area contributed by atoms with E-state index in [1.165, 1.54) is 5.56 Å². The Bertz CT molecular complexity index is 724. The predicted octanol–water partition coefficient (Wildman–Crippen LogP) is 4.39. The Morgan fingerprint density at radius 1 is 1.12 bits per heavy atom. The van der Waals surface area contributed by atoms with Crippen molar-refractivity contribution < 1.29 is 9.53 Å². The molecule has 2 aromatic rings. The van der Waals surface area contributed by atoms with E-state index in [4.69, 9.17) is 4.74 Å². The van der Waals surface area contributed by atoms with Gasteiger partial charge in [-0.1, -0.05) is 61.4 Å². The van der Waals surface area contributed by atoms with Gasteiger partial charge in [-0.05, 0) is 43.9 Å². The fourth-order valence-electron chi connectivity index (χ4n) is 2.51. The third-order valence-electron chi connectivity index (χ3n) is 3.88. The fourth-order valence-corrected chi connectivity index (χ4v) is 2.51. The summed E-state index contributed by atoms with van der Waals surface area (Å²) in [5.74, 6) is 0.462. The molecule has 2 aromatic carbocycles. The number of hydrazone groups is 1. The van der Waals surface area contributed by atoms with E-state index in [1.807, 2.05) is 62.4 Å². The average Bonchev–Trinajstić information content (AvgIpc) is 2.62. The maximum Gasteiger partial charge on any atom is 0.277 e. The van der Waals surface area contributed by atoms with Crippen molar-refractivity contribution in [2.45, 2.75) is 40.0 Å². The summed E-state index contributed by atoms with van der Waals surface area (Å²) in [6, 6.07) is 15.8. The smallest absolute Gasteiger partial charge is 0.277 e. The van der Waals surface area contributed by atoms with Crippen LogP contribution in [-0.2, 0) is 4.79 Å². The van der Waals surface area contributed by atoms with Crippen molar-refractivity contribution in [2.24, 2.45) is 5.10 Å². The summed E-state index contributed by atoms with van der Waals surface area (Å²) < 4.78 is 5.59. The number of hydrogen-bond acceptors (Lipinski definition) is 3. The van der Waals surface area contributed by atoms with Gasteiger partial charge in [-0.2, -0.15) is 5.10 Å². The molecule has 2 rings (SSSR count). The number of amides is 1. The van der Waals surface area contributed by atoms with Crippen molar-refractivity contribution in [3.8, 4) is 5.75 Å². The molecule has 4 nitrogen and oxygen atoms in total. The second-order valence-corrected chi connectivity index (χ2v) is 6.12. The van der Waals surface area contributed by atoms with Gasteiger partial charge in [0.15, 0.2) is 6.61 Å². The third kappa shape index (κ3) is 6.07. The van der Waals surface area contributed by atoms with Crippen LogP contribution < -0.4 is 10.2 Å². The predicted molar refractivity (Wildman–Crippen MR) is 102 cm³/mol. The molecule has 0 aliphatic carbocycles. The van der Waals surface area contributed by atoms with Gasteiger partial charge in [0.05, 0.1) is 5.71 Å². The van der Waals surface area contributed by atoms with E-state index in [0.717, 1.165) is 41.9 Å². The molecule has 4 heteroatoms. The molecule has 0 atom stereocenters. The molecule has 25 heavy (non-hydrogen) atoms. The van der Waals surface area contributed by atoms with Gasteiger partial charge >= 0.3 is 0 Å². The second-order valence-electron chi connectivity index (χ2n) is 6.12. The molecule has 0 aromatic heterocycles. The van der Waals surface area contributed by atoms with Crippen LogP contribution in [0.5, 0.6) is 5.75 Å². The Morgan fingerprint density at radius 2 is 1.88 bits per heavy atom. The number of unbranched alkanes of at least 4 members (excludes halogenated alkanes) is 1. The van der Waals surface area contributed by atoms with Gasteiger partial charge in [0, 0.05) is 0 Å².